The van der Waals surface area contributed by atoms with Crippen LogP contribution in [-0.4, -0.2) is 4.98 Å². The number of nitrogens with one attached hydrogen (secondary N) is 1. The molecule has 1 heterocycles. The van der Waals surface area contributed by atoms with Crippen LogP contribution in [0.2, 0.25) is 0 Å². The zero-order valence-corrected chi connectivity index (χ0v) is 6.22. The van der Waals surface area contributed by atoms with E-state index >= 15 is 0 Å². The minimum Gasteiger partial charge on any atom is -0.366 e. The number of hydrogen-bond donors (Lipinski definition) is 1. The van der Waals surface area contributed by atoms with Crippen molar-refractivity contribution in [2.24, 2.45) is 0 Å². The van der Waals surface area contributed by atoms with E-state index in [2.05, 4.69) is 4.98 Å². The summed E-state index contributed by atoms with van der Waals surface area (Å²) in [6, 6.07) is 1.83. The van der Waals surface area contributed by atoms with Crippen molar-refractivity contribution in [1.29, 1.82) is 5.26 Å². The summed E-state index contributed by atoms with van der Waals surface area (Å²) >= 11 is 0. The summed E-state index contributed by atoms with van der Waals surface area (Å²) in [6.07, 6.45) is 3.70. The van der Waals surface area contributed by atoms with E-state index in [1.54, 1.807) is 6.20 Å². The van der Waals surface area contributed by atoms with E-state index in [4.69, 9.17) is 5.26 Å². The highest BCUT2D eigenvalue weighted by Gasteiger charge is 2.00. The normalized spacial score (nSPS) is 9.09. The zero-order valence-electron chi connectivity index (χ0n) is 6.22. The molecule has 0 aliphatic rings. The Hall–Kier alpha value is -1.56. The Kier molecular flexibility index (Phi) is 2.07. The van der Waals surface area contributed by atoms with Crippen LogP contribution in [0.15, 0.2) is 17.2 Å². The van der Waals surface area contributed by atoms with Crippen LogP contribution >= 0.6 is 0 Å². The average Bonchev–Trinajstić information content (AvgIpc) is 2.05. The summed E-state index contributed by atoms with van der Waals surface area (Å²) in [5.74, 6) is 0. The molecule has 0 spiro atoms. The van der Waals surface area contributed by atoms with Crippen molar-refractivity contribution < 1.29 is 0 Å². The van der Waals surface area contributed by atoms with Gasteiger partial charge >= 0.3 is 0 Å². The summed E-state index contributed by atoms with van der Waals surface area (Å²) in [6.45, 7) is 1.88. The van der Waals surface area contributed by atoms with Gasteiger partial charge in [-0.05, 0) is 6.42 Å². The number of nitrogens with zero attached hydrogens (tertiary/aromatic N) is 1. The van der Waals surface area contributed by atoms with Crippen LogP contribution in [-0.2, 0) is 6.42 Å². The van der Waals surface area contributed by atoms with Crippen LogP contribution in [0.25, 0.3) is 0 Å². The van der Waals surface area contributed by atoms with Gasteiger partial charge in [-0.1, -0.05) is 6.92 Å². The van der Waals surface area contributed by atoms with E-state index in [1.807, 2.05) is 13.0 Å². The zero-order chi connectivity index (χ0) is 8.27. The molecule has 1 rings (SSSR count). The van der Waals surface area contributed by atoms with Gasteiger partial charge in [-0.15, -0.1) is 0 Å². The molecule has 0 saturated heterocycles. The summed E-state index contributed by atoms with van der Waals surface area (Å²) < 4.78 is 0. The van der Waals surface area contributed by atoms with Crippen molar-refractivity contribution in [1.82, 2.24) is 4.98 Å². The molecule has 0 unspecified atom stereocenters. The monoisotopic (exact) mass is 148 g/mol. The third-order valence-electron chi connectivity index (χ3n) is 1.52. The first-order valence-corrected chi connectivity index (χ1v) is 3.39. The smallest absolute Gasteiger partial charge is 0.202 e. The largest absolute Gasteiger partial charge is 0.366 e. The quantitative estimate of drug-likeness (QED) is 0.640. The minimum atomic E-state index is -0.159. The molecule has 3 heteroatoms. The first kappa shape index (κ1) is 7.55. The summed E-state index contributed by atoms with van der Waals surface area (Å²) in [5, 5.41) is 8.47. The maximum absolute atomic E-state index is 11.2. The van der Waals surface area contributed by atoms with E-state index in [1.165, 1.54) is 6.20 Å². The van der Waals surface area contributed by atoms with Crippen molar-refractivity contribution in [3.63, 3.8) is 0 Å². The Bertz CT molecular complexity index is 346. The van der Waals surface area contributed by atoms with Crippen molar-refractivity contribution >= 4 is 0 Å². The lowest BCUT2D eigenvalue weighted by Crippen LogP contribution is -2.11. The lowest BCUT2D eigenvalue weighted by atomic mass is 10.2. The summed E-state index contributed by atoms with van der Waals surface area (Å²) in [7, 11) is 0. The number of hydrogen-bond acceptors (Lipinski definition) is 2. The number of aromatic nitrogens is 1. The van der Waals surface area contributed by atoms with E-state index in [9.17, 15) is 4.79 Å². The predicted molar refractivity (Wildman–Crippen MR) is 41.2 cm³/mol. The van der Waals surface area contributed by atoms with Crippen LogP contribution in [0, 0.1) is 11.3 Å². The van der Waals surface area contributed by atoms with Crippen molar-refractivity contribution in [3.05, 3.63) is 33.7 Å². The highest BCUT2D eigenvalue weighted by atomic mass is 16.1. The Morgan fingerprint density at radius 3 is 2.91 bits per heavy atom. The van der Waals surface area contributed by atoms with Gasteiger partial charge in [-0.3, -0.25) is 4.79 Å². The second kappa shape index (κ2) is 3.02. The Labute approximate surface area is 64.3 Å². The number of aromatic amines is 1. The van der Waals surface area contributed by atoms with Gasteiger partial charge in [0.1, 0.15) is 11.6 Å². The predicted octanol–water partition coefficient (Wildman–Crippen LogP) is 0.809. The van der Waals surface area contributed by atoms with Gasteiger partial charge in [0.15, 0.2) is 0 Å². The summed E-state index contributed by atoms with van der Waals surface area (Å²) in [5.41, 5.74) is 0.683. The molecule has 0 radical (unpaired) electrons. The van der Waals surface area contributed by atoms with E-state index in [-0.39, 0.29) is 11.0 Å². The third kappa shape index (κ3) is 1.30. The molecular weight excluding hydrogens is 140 g/mol. The second-order valence-electron chi connectivity index (χ2n) is 2.19. The molecule has 0 aliphatic carbocycles. The fourth-order valence-corrected chi connectivity index (χ4v) is 0.875. The molecule has 0 saturated carbocycles. The first-order chi connectivity index (χ1) is 5.29. The number of pyridine rings is 1. The van der Waals surface area contributed by atoms with E-state index in [0.29, 0.717) is 12.0 Å². The minimum absolute atomic E-state index is 0.159. The molecule has 0 aliphatic heterocycles. The molecule has 0 amide bonds. The molecule has 1 N–H and O–H groups in total. The lowest BCUT2D eigenvalue weighted by Gasteiger charge is -1.93. The Balaban J connectivity index is 3.36. The average molecular weight is 148 g/mol. The van der Waals surface area contributed by atoms with Gasteiger partial charge in [-0.25, -0.2) is 0 Å². The first-order valence-electron chi connectivity index (χ1n) is 3.39. The molecular formula is C8H8N2O. The molecule has 1 aromatic rings. The fourth-order valence-electron chi connectivity index (χ4n) is 0.875. The van der Waals surface area contributed by atoms with Crippen LogP contribution in [0.1, 0.15) is 18.1 Å². The SMILES string of the molecule is CCc1c[nH]cc(C#N)c1=O. The van der Waals surface area contributed by atoms with Crippen LogP contribution < -0.4 is 5.43 Å². The van der Waals surface area contributed by atoms with Crippen molar-refractivity contribution in [2.75, 3.05) is 0 Å². The highest BCUT2D eigenvalue weighted by Crippen LogP contribution is 1.92. The van der Waals surface area contributed by atoms with Gasteiger partial charge in [0, 0.05) is 18.0 Å². The number of aryl methyl sites for hydroxylation is 1. The van der Waals surface area contributed by atoms with Crippen molar-refractivity contribution in [3.8, 4) is 6.07 Å². The van der Waals surface area contributed by atoms with E-state index < -0.39 is 0 Å². The van der Waals surface area contributed by atoms with Gasteiger partial charge in [-0.2, -0.15) is 5.26 Å². The number of H-pyrrole nitrogens is 1. The number of nitriles is 1. The van der Waals surface area contributed by atoms with E-state index in [0.717, 1.165) is 0 Å². The van der Waals surface area contributed by atoms with Crippen LogP contribution in [0.3, 0.4) is 0 Å². The van der Waals surface area contributed by atoms with Crippen molar-refractivity contribution in [2.45, 2.75) is 13.3 Å². The fraction of sp³-hybridized carbons (Fsp3) is 0.250. The van der Waals surface area contributed by atoms with Gasteiger partial charge in [0.25, 0.3) is 0 Å². The molecule has 56 valence electrons. The molecule has 0 bridgehead atoms. The Morgan fingerprint density at radius 2 is 2.36 bits per heavy atom. The van der Waals surface area contributed by atoms with Gasteiger partial charge in [0.05, 0.1) is 0 Å². The molecule has 11 heavy (non-hydrogen) atoms. The maximum Gasteiger partial charge on any atom is 0.202 e. The second-order valence-corrected chi connectivity index (χ2v) is 2.19. The highest BCUT2D eigenvalue weighted by molar-refractivity contribution is 5.29. The molecule has 3 nitrogen and oxygen atoms in total. The van der Waals surface area contributed by atoms with Crippen LogP contribution in [0.4, 0.5) is 0 Å². The van der Waals surface area contributed by atoms with Gasteiger partial charge in [0.2, 0.25) is 5.43 Å². The standard InChI is InChI=1S/C8H8N2O/c1-2-6-4-10-5-7(3-9)8(6)11/h4-5H,2H2,1H3,(H,10,11). The molecule has 0 atom stereocenters. The molecule has 0 fully saturated rings. The summed E-state index contributed by atoms with van der Waals surface area (Å²) in [4.78, 5) is 13.9. The maximum atomic E-state index is 11.2. The Morgan fingerprint density at radius 1 is 1.64 bits per heavy atom. The van der Waals surface area contributed by atoms with Gasteiger partial charge < -0.3 is 4.98 Å². The van der Waals surface area contributed by atoms with Crippen LogP contribution in [0.5, 0.6) is 0 Å². The topological polar surface area (TPSA) is 56.6 Å². The lowest BCUT2D eigenvalue weighted by molar-refractivity contribution is 1.07. The third-order valence-corrected chi connectivity index (χ3v) is 1.52. The number of rotatable bonds is 1. The molecule has 0 aromatic carbocycles. The molecule has 1 aromatic heterocycles.